The van der Waals surface area contributed by atoms with E-state index in [4.69, 9.17) is 4.84 Å². The molecule has 0 spiro atoms. The molecule has 0 unspecified atom stereocenters. The van der Waals surface area contributed by atoms with Gasteiger partial charge < -0.3 is 4.84 Å². The highest BCUT2D eigenvalue weighted by Gasteiger charge is 2.01. The van der Waals surface area contributed by atoms with Crippen LogP contribution in [-0.4, -0.2) is 11.2 Å². The van der Waals surface area contributed by atoms with Crippen LogP contribution in [0.15, 0.2) is 35.5 Å². The Balaban J connectivity index is 2.00. The van der Waals surface area contributed by atoms with E-state index in [0.29, 0.717) is 5.75 Å². The number of hydrogen-bond acceptors (Lipinski definition) is 4. The van der Waals surface area contributed by atoms with Crippen molar-refractivity contribution in [2.75, 3.05) is 0 Å². The van der Waals surface area contributed by atoms with Crippen molar-refractivity contribution < 1.29 is 4.84 Å². The van der Waals surface area contributed by atoms with Crippen molar-refractivity contribution in [2.24, 2.45) is 5.16 Å². The maximum Gasteiger partial charge on any atom is 0.171 e. The number of aromatic nitrogens is 1. The molecule has 1 heterocycles. The Labute approximate surface area is 98.4 Å². The molecule has 0 saturated carbocycles. The van der Waals surface area contributed by atoms with Gasteiger partial charge in [-0.05, 0) is 26.0 Å². The number of thiazole rings is 1. The van der Waals surface area contributed by atoms with Gasteiger partial charge in [0.15, 0.2) is 12.0 Å². The van der Waals surface area contributed by atoms with E-state index in [1.165, 1.54) is 4.88 Å². The summed E-state index contributed by atoms with van der Waals surface area (Å²) in [6, 6.07) is 9.38. The second-order valence-electron chi connectivity index (χ2n) is 3.27. The molecule has 0 atom stereocenters. The first-order chi connectivity index (χ1) is 7.75. The highest BCUT2D eigenvalue weighted by molar-refractivity contribution is 7.13. The summed E-state index contributed by atoms with van der Waals surface area (Å²) < 4.78 is 0. The van der Waals surface area contributed by atoms with Crippen LogP contribution in [0.2, 0.25) is 0 Å². The molecular formula is C12H11N2OS. The molecule has 16 heavy (non-hydrogen) atoms. The van der Waals surface area contributed by atoms with E-state index in [9.17, 15) is 0 Å². The van der Waals surface area contributed by atoms with Crippen LogP contribution in [0.1, 0.15) is 15.6 Å². The maximum atomic E-state index is 5.14. The average Bonchev–Trinajstić information content (AvgIpc) is 2.60. The monoisotopic (exact) mass is 231 g/mol. The zero-order chi connectivity index (χ0) is 11.4. The van der Waals surface area contributed by atoms with Crippen molar-refractivity contribution in [1.82, 2.24) is 4.98 Å². The highest BCUT2D eigenvalue weighted by atomic mass is 32.1. The summed E-state index contributed by atoms with van der Waals surface area (Å²) in [4.78, 5) is 10.6. The van der Waals surface area contributed by atoms with Gasteiger partial charge in [0.1, 0.15) is 5.01 Å². The molecule has 0 amide bonds. The van der Waals surface area contributed by atoms with Crippen molar-refractivity contribution in [3.8, 4) is 5.75 Å². The van der Waals surface area contributed by atoms with E-state index in [0.717, 1.165) is 10.7 Å². The molecule has 3 nitrogen and oxygen atoms in total. The molecule has 2 aromatic rings. The zero-order valence-corrected chi connectivity index (χ0v) is 9.91. The first-order valence-electron chi connectivity index (χ1n) is 4.88. The minimum atomic E-state index is 0.694. The van der Waals surface area contributed by atoms with Gasteiger partial charge >= 0.3 is 0 Å². The minimum Gasteiger partial charge on any atom is -0.356 e. The molecule has 0 bridgehead atoms. The lowest BCUT2D eigenvalue weighted by Crippen LogP contribution is -1.85. The quantitative estimate of drug-likeness (QED) is 0.601. The topological polar surface area (TPSA) is 34.5 Å². The molecule has 81 valence electrons. The Hall–Kier alpha value is -1.68. The second kappa shape index (κ2) is 4.90. The lowest BCUT2D eigenvalue weighted by molar-refractivity contribution is 0.344. The van der Waals surface area contributed by atoms with Gasteiger partial charge in [-0.3, -0.25) is 0 Å². The van der Waals surface area contributed by atoms with E-state index in [-0.39, 0.29) is 0 Å². The Morgan fingerprint density at radius 1 is 1.25 bits per heavy atom. The van der Waals surface area contributed by atoms with E-state index < -0.39 is 0 Å². The third-order valence-corrected chi connectivity index (χ3v) is 3.04. The first-order valence-corrected chi connectivity index (χ1v) is 5.69. The molecule has 0 aliphatic rings. The van der Waals surface area contributed by atoms with E-state index in [2.05, 4.69) is 16.4 Å². The molecule has 4 heteroatoms. The molecule has 0 aliphatic heterocycles. The number of hydrogen-bond donors (Lipinski definition) is 0. The van der Waals surface area contributed by atoms with Crippen LogP contribution in [0.3, 0.4) is 0 Å². The lowest BCUT2D eigenvalue weighted by atomic mass is 10.3. The molecule has 0 N–H and O–H groups in total. The fourth-order valence-electron chi connectivity index (χ4n) is 1.12. The zero-order valence-electron chi connectivity index (χ0n) is 9.10. The van der Waals surface area contributed by atoms with Gasteiger partial charge in [-0.2, -0.15) is 0 Å². The van der Waals surface area contributed by atoms with Gasteiger partial charge in [-0.25, -0.2) is 4.98 Å². The molecule has 0 saturated heterocycles. The van der Waals surface area contributed by atoms with Crippen LogP contribution in [0.4, 0.5) is 0 Å². The van der Waals surface area contributed by atoms with Crippen LogP contribution in [-0.2, 0) is 0 Å². The third kappa shape index (κ3) is 2.67. The summed E-state index contributed by atoms with van der Waals surface area (Å²) in [6.45, 7) is 3.99. The van der Waals surface area contributed by atoms with Crippen molar-refractivity contribution in [3.05, 3.63) is 45.9 Å². The van der Waals surface area contributed by atoms with Crippen LogP contribution >= 0.6 is 11.3 Å². The van der Waals surface area contributed by atoms with E-state index >= 15 is 0 Å². The second-order valence-corrected chi connectivity index (χ2v) is 4.47. The van der Waals surface area contributed by atoms with Crippen molar-refractivity contribution in [2.45, 2.75) is 13.8 Å². The molecule has 2 rings (SSSR count). The summed E-state index contributed by atoms with van der Waals surface area (Å²) >= 11 is 1.55. The molecular weight excluding hydrogens is 220 g/mol. The minimum absolute atomic E-state index is 0.694. The molecule has 0 fully saturated rings. The number of nitrogens with zero attached hydrogens (tertiary/aromatic N) is 2. The van der Waals surface area contributed by atoms with Gasteiger partial charge in [0.05, 0.1) is 5.69 Å². The SMILES string of the molecule is Cc1nc(/[C]=N\Oc2ccccc2)sc1C. The first kappa shape index (κ1) is 10.8. The standard InChI is InChI=1S/C12H11N2OS/c1-9-10(2)16-12(14-9)8-13-15-11-6-4-3-5-7-11/h3-7H,1-2H3. The van der Waals surface area contributed by atoms with Gasteiger partial charge in [-0.15, -0.1) is 11.3 Å². The van der Waals surface area contributed by atoms with Gasteiger partial charge in [0.25, 0.3) is 0 Å². The molecule has 1 aromatic heterocycles. The summed E-state index contributed by atoms with van der Waals surface area (Å²) in [5.74, 6) is 0.694. The Morgan fingerprint density at radius 3 is 2.62 bits per heavy atom. The molecule has 1 aromatic carbocycles. The Morgan fingerprint density at radius 2 is 2.00 bits per heavy atom. The number of rotatable bonds is 3. The summed E-state index contributed by atoms with van der Waals surface area (Å²) in [7, 11) is 0. The Bertz CT molecular complexity index is 471. The number of para-hydroxylation sites is 1. The largest absolute Gasteiger partial charge is 0.356 e. The van der Waals surface area contributed by atoms with Crippen LogP contribution < -0.4 is 4.84 Å². The fraction of sp³-hybridized carbons (Fsp3) is 0.167. The van der Waals surface area contributed by atoms with Gasteiger partial charge in [0.2, 0.25) is 0 Å². The number of aryl methyl sites for hydroxylation is 2. The normalized spacial score (nSPS) is 10.9. The molecule has 1 radical (unpaired) electrons. The number of benzene rings is 1. The van der Waals surface area contributed by atoms with Crippen molar-refractivity contribution in [3.63, 3.8) is 0 Å². The van der Waals surface area contributed by atoms with Gasteiger partial charge in [0, 0.05) is 4.88 Å². The lowest BCUT2D eigenvalue weighted by Gasteiger charge is -1.94. The average molecular weight is 231 g/mol. The predicted octanol–water partition coefficient (Wildman–Crippen LogP) is 3.05. The molecule has 0 aliphatic carbocycles. The van der Waals surface area contributed by atoms with Crippen LogP contribution in [0.5, 0.6) is 5.75 Å². The van der Waals surface area contributed by atoms with Crippen LogP contribution in [0, 0.1) is 13.8 Å². The van der Waals surface area contributed by atoms with Crippen molar-refractivity contribution >= 4 is 17.6 Å². The van der Waals surface area contributed by atoms with E-state index in [1.54, 1.807) is 11.3 Å². The Kier molecular flexibility index (Phi) is 3.31. The fourth-order valence-corrected chi connectivity index (χ4v) is 1.87. The van der Waals surface area contributed by atoms with Crippen LogP contribution in [0.25, 0.3) is 0 Å². The van der Waals surface area contributed by atoms with Gasteiger partial charge in [-0.1, -0.05) is 23.4 Å². The highest BCUT2D eigenvalue weighted by Crippen LogP contribution is 2.15. The summed E-state index contributed by atoms with van der Waals surface area (Å²) in [6.07, 6.45) is 2.76. The smallest absolute Gasteiger partial charge is 0.171 e. The summed E-state index contributed by atoms with van der Waals surface area (Å²) in [5.41, 5.74) is 1.02. The van der Waals surface area contributed by atoms with E-state index in [1.807, 2.05) is 44.2 Å². The van der Waals surface area contributed by atoms with Crippen molar-refractivity contribution in [1.29, 1.82) is 0 Å². The predicted molar refractivity (Wildman–Crippen MR) is 65.2 cm³/mol. The maximum absolute atomic E-state index is 5.14. The summed E-state index contributed by atoms with van der Waals surface area (Å²) in [5, 5.41) is 4.51. The third-order valence-electron chi connectivity index (χ3n) is 2.06.